The van der Waals surface area contributed by atoms with Gasteiger partial charge >= 0.3 is 17.9 Å². The van der Waals surface area contributed by atoms with Crippen molar-refractivity contribution in [1.82, 2.24) is 0 Å². The second-order valence-electron chi connectivity index (χ2n) is 11.0. The highest BCUT2D eigenvalue weighted by atomic mass is 16.7. The molecule has 5 aliphatic rings. The second-order valence-corrected chi connectivity index (χ2v) is 11.0. The summed E-state index contributed by atoms with van der Waals surface area (Å²) < 4.78 is 16.6. The van der Waals surface area contributed by atoms with Gasteiger partial charge in [-0.25, -0.2) is 0 Å². The van der Waals surface area contributed by atoms with E-state index in [-0.39, 0.29) is 18.3 Å². The summed E-state index contributed by atoms with van der Waals surface area (Å²) in [5, 5.41) is 22.4. The maximum Gasteiger partial charge on any atom is 0.312 e. The number of carbonyl (C=O) groups is 3. The van der Waals surface area contributed by atoms with Crippen LogP contribution in [0.1, 0.15) is 65.2 Å². The third-order valence-corrected chi connectivity index (χ3v) is 9.60. The Morgan fingerprint density at radius 2 is 1.97 bits per heavy atom. The molecule has 4 aliphatic carbocycles. The van der Waals surface area contributed by atoms with Crippen LogP contribution in [-0.2, 0) is 28.6 Å². The molecule has 1 spiro atoms. The highest BCUT2D eigenvalue weighted by Crippen LogP contribution is 2.77. The van der Waals surface area contributed by atoms with Crippen molar-refractivity contribution >= 4 is 17.9 Å². The van der Waals surface area contributed by atoms with E-state index in [9.17, 15) is 24.6 Å². The van der Waals surface area contributed by atoms with E-state index in [0.717, 1.165) is 0 Å². The third kappa shape index (κ3) is 2.65. The van der Waals surface area contributed by atoms with Gasteiger partial charge in [-0.15, -0.1) is 0 Å². The minimum absolute atomic E-state index is 0.139. The van der Waals surface area contributed by atoms with Crippen LogP contribution < -0.4 is 0 Å². The van der Waals surface area contributed by atoms with E-state index >= 15 is 0 Å². The molecule has 4 saturated carbocycles. The molecule has 0 radical (unpaired) electrons. The SMILES string of the molecule is C=C1C[C@]23C[C@@]1(O)CC[C@H]2[C@@]12CC[C@H](O)[C@](C)(CCC(=O)O1)C2[C@@H]3C(=O)OCOC(C)=O. The van der Waals surface area contributed by atoms with E-state index in [1.54, 1.807) is 0 Å². The molecular weight excluding hydrogens is 416 g/mol. The Labute approximate surface area is 187 Å². The van der Waals surface area contributed by atoms with Crippen molar-refractivity contribution in [3.63, 3.8) is 0 Å². The molecule has 0 aromatic heterocycles. The van der Waals surface area contributed by atoms with Crippen molar-refractivity contribution in [3.8, 4) is 0 Å². The molecule has 1 heterocycles. The van der Waals surface area contributed by atoms with Gasteiger partial charge in [0.2, 0.25) is 6.79 Å². The third-order valence-electron chi connectivity index (χ3n) is 9.60. The van der Waals surface area contributed by atoms with Gasteiger partial charge < -0.3 is 24.4 Å². The first-order chi connectivity index (χ1) is 15.0. The van der Waals surface area contributed by atoms with E-state index in [1.807, 2.05) is 6.92 Å². The number of fused-ring (bicyclic) bond motifs is 1. The predicted octanol–water partition coefficient (Wildman–Crippen LogP) is 2.01. The second kappa shape index (κ2) is 6.79. The van der Waals surface area contributed by atoms with E-state index in [4.69, 9.17) is 14.2 Å². The number of hydrogen-bond donors (Lipinski definition) is 2. The molecule has 8 heteroatoms. The topological polar surface area (TPSA) is 119 Å². The van der Waals surface area contributed by atoms with Crippen molar-refractivity contribution in [1.29, 1.82) is 0 Å². The summed E-state index contributed by atoms with van der Waals surface area (Å²) in [6.07, 6.45) is 2.83. The molecule has 0 amide bonds. The number of rotatable bonds is 3. The minimum atomic E-state index is -1.05. The smallest absolute Gasteiger partial charge is 0.312 e. The molecule has 0 aromatic carbocycles. The Kier molecular flexibility index (Phi) is 4.65. The van der Waals surface area contributed by atoms with Gasteiger partial charge in [0.15, 0.2) is 0 Å². The molecular formula is C24H32O8. The number of hydrogen-bond acceptors (Lipinski definition) is 8. The van der Waals surface area contributed by atoms with Crippen LogP contribution in [0, 0.1) is 28.6 Å². The molecule has 5 fully saturated rings. The predicted molar refractivity (Wildman–Crippen MR) is 110 cm³/mol. The number of aliphatic hydroxyl groups is 2. The fourth-order valence-corrected chi connectivity index (χ4v) is 8.42. The van der Waals surface area contributed by atoms with Gasteiger partial charge in [-0.3, -0.25) is 14.4 Å². The fraction of sp³-hybridized carbons (Fsp3) is 0.792. The zero-order valence-corrected chi connectivity index (χ0v) is 18.7. The van der Waals surface area contributed by atoms with Crippen LogP contribution in [0.4, 0.5) is 0 Å². The van der Waals surface area contributed by atoms with E-state index in [0.29, 0.717) is 50.5 Å². The van der Waals surface area contributed by atoms with Crippen LogP contribution in [0.15, 0.2) is 12.2 Å². The summed E-state index contributed by atoms with van der Waals surface area (Å²) in [5.74, 6) is -2.68. The number of aliphatic hydroxyl groups excluding tert-OH is 1. The average molecular weight is 449 g/mol. The maximum atomic E-state index is 13.7. The standard InChI is InChI=1S/C24H32O8/c1-13-10-22-11-23(13,29)8-4-15(22)24-9-5-16(26)21(3,7-6-17(27)32-24)19(24)18(22)20(28)31-12-30-14(2)25/h15-16,18-19,26,29H,1,4-12H2,2-3H3/t15-,16+,18-,19?,21+,22+,23+,24-/m1/s1. The van der Waals surface area contributed by atoms with E-state index in [2.05, 4.69) is 6.58 Å². The Bertz CT molecular complexity index is 898. The summed E-state index contributed by atoms with van der Waals surface area (Å²) in [6.45, 7) is 6.84. The van der Waals surface area contributed by atoms with Gasteiger partial charge in [-0.1, -0.05) is 13.5 Å². The lowest BCUT2D eigenvalue weighted by atomic mass is 9.55. The number of esters is 3. The van der Waals surface area contributed by atoms with Crippen LogP contribution in [0.2, 0.25) is 0 Å². The molecule has 4 bridgehead atoms. The average Bonchev–Trinajstić information content (AvgIpc) is 3.03. The zero-order valence-electron chi connectivity index (χ0n) is 18.7. The first-order valence-corrected chi connectivity index (χ1v) is 11.6. The highest BCUT2D eigenvalue weighted by molar-refractivity contribution is 5.77. The van der Waals surface area contributed by atoms with Crippen molar-refractivity contribution in [3.05, 3.63) is 12.2 Å². The molecule has 1 saturated heterocycles. The van der Waals surface area contributed by atoms with Crippen molar-refractivity contribution in [2.24, 2.45) is 28.6 Å². The van der Waals surface area contributed by atoms with Gasteiger partial charge in [0.1, 0.15) is 5.60 Å². The van der Waals surface area contributed by atoms with Gasteiger partial charge in [0, 0.05) is 30.6 Å². The Balaban J connectivity index is 1.66. The van der Waals surface area contributed by atoms with E-state index in [1.165, 1.54) is 6.92 Å². The largest absolute Gasteiger partial charge is 0.458 e. The monoisotopic (exact) mass is 448 g/mol. The van der Waals surface area contributed by atoms with Crippen LogP contribution >= 0.6 is 0 Å². The van der Waals surface area contributed by atoms with Crippen molar-refractivity contribution in [2.45, 2.75) is 82.5 Å². The molecule has 5 rings (SSSR count). The molecule has 0 aromatic rings. The molecule has 2 N–H and O–H groups in total. The summed E-state index contributed by atoms with van der Waals surface area (Å²) >= 11 is 0. The summed E-state index contributed by atoms with van der Waals surface area (Å²) in [6, 6.07) is 0. The molecule has 1 unspecified atom stereocenters. The summed E-state index contributed by atoms with van der Waals surface area (Å²) in [7, 11) is 0. The van der Waals surface area contributed by atoms with Crippen LogP contribution in [0.5, 0.6) is 0 Å². The summed E-state index contributed by atoms with van der Waals surface area (Å²) in [5.41, 5.74) is -2.63. The normalized spacial score (nSPS) is 48.9. The molecule has 1 aliphatic heterocycles. The van der Waals surface area contributed by atoms with Gasteiger partial charge in [0.05, 0.1) is 17.6 Å². The number of ether oxygens (including phenoxy) is 3. The zero-order chi connectivity index (χ0) is 23.1. The summed E-state index contributed by atoms with van der Waals surface area (Å²) in [4.78, 5) is 37.6. The van der Waals surface area contributed by atoms with Crippen LogP contribution in [0.3, 0.4) is 0 Å². The lowest BCUT2D eigenvalue weighted by Gasteiger charge is -2.53. The van der Waals surface area contributed by atoms with Crippen molar-refractivity contribution < 1.29 is 38.8 Å². The van der Waals surface area contributed by atoms with Gasteiger partial charge in [0.25, 0.3) is 0 Å². The van der Waals surface area contributed by atoms with Gasteiger partial charge in [-0.2, -0.15) is 0 Å². The Hall–Kier alpha value is -1.93. The fourth-order valence-electron chi connectivity index (χ4n) is 8.42. The van der Waals surface area contributed by atoms with Crippen molar-refractivity contribution in [2.75, 3.05) is 6.79 Å². The van der Waals surface area contributed by atoms with Gasteiger partial charge in [-0.05, 0) is 55.9 Å². The minimum Gasteiger partial charge on any atom is -0.458 e. The van der Waals surface area contributed by atoms with Crippen LogP contribution in [0.25, 0.3) is 0 Å². The molecule has 8 atom stereocenters. The quantitative estimate of drug-likeness (QED) is 0.382. The molecule has 32 heavy (non-hydrogen) atoms. The highest BCUT2D eigenvalue weighted by Gasteiger charge is 2.80. The van der Waals surface area contributed by atoms with E-state index < -0.39 is 58.7 Å². The Morgan fingerprint density at radius 1 is 1.22 bits per heavy atom. The lowest BCUT2D eigenvalue weighted by molar-refractivity contribution is -0.199. The van der Waals surface area contributed by atoms with Crippen LogP contribution in [-0.4, -0.2) is 52.2 Å². The molecule has 176 valence electrons. The molecule has 8 nitrogen and oxygen atoms in total. The maximum absolute atomic E-state index is 13.7. The number of carbonyl (C=O) groups excluding carboxylic acids is 3. The first kappa shape index (κ1) is 21.9. The Morgan fingerprint density at radius 3 is 2.69 bits per heavy atom. The first-order valence-electron chi connectivity index (χ1n) is 11.6. The lowest BCUT2D eigenvalue weighted by Crippen LogP contribution is -2.58.